The van der Waals surface area contributed by atoms with Crippen molar-refractivity contribution >= 4 is 5.91 Å². The van der Waals surface area contributed by atoms with E-state index in [0.29, 0.717) is 30.7 Å². The Bertz CT molecular complexity index is 465. The lowest BCUT2D eigenvalue weighted by atomic mass is 10.2. The standard InChI is InChI=1S/C15H20N2O3/c1-3-13(18)8-9-17-15(19)11(2)20-14-6-4-12(10-16)5-7-14/h4-7,11,13,18H,3,8-9H2,1-2H3,(H,17,19). The molecule has 1 rings (SSSR count). The van der Waals surface area contributed by atoms with Gasteiger partial charge in [-0.15, -0.1) is 0 Å². The number of amides is 1. The Morgan fingerprint density at radius 1 is 1.45 bits per heavy atom. The fraction of sp³-hybridized carbons (Fsp3) is 0.467. The average Bonchev–Trinajstić information content (AvgIpc) is 2.47. The van der Waals surface area contributed by atoms with Crippen molar-refractivity contribution in [2.75, 3.05) is 6.54 Å². The first kappa shape index (κ1) is 16.0. The molecule has 0 aliphatic carbocycles. The van der Waals surface area contributed by atoms with Crippen molar-refractivity contribution in [3.63, 3.8) is 0 Å². The molecule has 20 heavy (non-hydrogen) atoms. The van der Waals surface area contributed by atoms with Gasteiger partial charge in [-0.1, -0.05) is 6.92 Å². The van der Waals surface area contributed by atoms with Gasteiger partial charge in [0, 0.05) is 6.54 Å². The van der Waals surface area contributed by atoms with E-state index in [2.05, 4.69) is 5.32 Å². The number of hydrogen-bond donors (Lipinski definition) is 2. The summed E-state index contributed by atoms with van der Waals surface area (Å²) in [6, 6.07) is 8.60. The van der Waals surface area contributed by atoms with Crippen molar-refractivity contribution in [1.29, 1.82) is 5.26 Å². The van der Waals surface area contributed by atoms with Gasteiger partial charge in [-0.3, -0.25) is 4.79 Å². The van der Waals surface area contributed by atoms with Crippen LogP contribution in [0.15, 0.2) is 24.3 Å². The number of rotatable bonds is 7. The molecule has 0 aliphatic heterocycles. The summed E-state index contributed by atoms with van der Waals surface area (Å²) in [5, 5.41) is 20.8. The van der Waals surface area contributed by atoms with Crippen LogP contribution in [-0.2, 0) is 4.79 Å². The second kappa shape index (κ2) is 8.18. The number of benzene rings is 1. The van der Waals surface area contributed by atoms with Crippen molar-refractivity contribution < 1.29 is 14.6 Å². The molecule has 1 aromatic rings. The third kappa shape index (κ3) is 5.29. The molecule has 2 unspecified atom stereocenters. The van der Waals surface area contributed by atoms with Crippen LogP contribution < -0.4 is 10.1 Å². The largest absolute Gasteiger partial charge is 0.481 e. The molecule has 0 saturated carbocycles. The highest BCUT2D eigenvalue weighted by Crippen LogP contribution is 2.13. The minimum absolute atomic E-state index is 0.224. The van der Waals surface area contributed by atoms with E-state index in [4.69, 9.17) is 10.00 Å². The summed E-state index contributed by atoms with van der Waals surface area (Å²) in [7, 11) is 0. The van der Waals surface area contributed by atoms with Crippen LogP contribution in [0.25, 0.3) is 0 Å². The number of aliphatic hydroxyl groups excluding tert-OH is 1. The van der Waals surface area contributed by atoms with Crippen LogP contribution in [0.2, 0.25) is 0 Å². The zero-order chi connectivity index (χ0) is 15.0. The van der Waals surface area contributed by atoms with Crippen LogP contribution in [0, 0.1) is 11.3 Å². The van der Waals surface area contributed by atoms with Crippen molar-refractivity contribution in [2.24, 2.45) is 0 Å². The number of nitriles is 1. The number of nitrogens with one attached hydrogen (secondary N) is 1. The van der Waals surface area contributed by atoms with Gasteiger partial charge in [0.15, 0.2) is 6.10 Å². The van der Waals surface area contributed by atoms with Gasteiger partial charge in [-0.25, -0.2) is 0 Å². The van der Waals surface area contributed by atoms with E-state index in [9.17, 15) is 9.90 Å². The highest BCUT2D eigenvalue weighted by atomic mass is 16.5. The predicted molar refractivity (Wildman–Crippen MR) is 75.2 cm³/mol. The van der Waals surface area contributed by atoms with Crippen LogP contribution >= 0.6 is 0 Å². The topological polar surface area (TPSA) is 82.3 Å². The molecule has 2 N–H and O–H groups in total. The molecule has 5 heteroatoms. The summed E-state index contributed by atoms with van der Waals surface area (Å²) in [6.07, 6.45) is 0.200. The molecule has 0 aromatic heterocycles. The van der Waals surface area contributed by atoms with Crippen LogP contribution in [0.5, 0.6) is 5.75 Å². The Morgan fingerprint density at radius 3 is 2.65 bits per heavy atom. The molecule has 0 saturated heterocycles. The smallest absolute Gasteiger partial charge is 0.260 e. The number of aliphatic hydroxyl groups is 1. The predicted octanol–water partition coefficient (Wildman–Crippen LogP) is 1.60. The first-order valence-electron chi connectivity index (χ1n) is 6.69. The van der Waals surface area contributed by atoms with Gasteiger partial charge in [0.2, 0.25) is 0 Å². The first-order valence-corrected chi connectivity index (χ1v) is 6.69. The lowest BCUT2D eigenvalue weighted by Crippen LogP contribution is -2.37. The molecule has 0 aliphatic rings. The Hall–Kier alpha value is -2.06. The molecular weight excluding hydrogens is 256 g/mol. The fourth-order valence-corrected chi connectivity index (χ4v) is 1.58. The lowest BCUT2D eigenvalue weighted by Gasteiger charge is -2.15. The van der Waals surface area contributed by atoms with Crippen molar-refractivity contribution in [2.45, 2.75) is 38.9 Å². The Labute approximate surface area is 119 Å². The number of ether oxygens (including phenoxy) is 1. The lowest BCUT2D eigenvalue weighted by molar-refractivity contribution is -0.127. The SMILES string of the molecule is CCC(O)CCNC(=O)C(C)Oc1ccc(C#N)cc1. The summed E-state index contributed by atoms with van der Waals surface area (Å²) < 4.78 is 5.48. The Morgan fingerprint density at radius 2 is 2.10 bits per heavy atom. The second-order valence-corrected chi connectivity index (χ2v) is 4.54. The maximum atomic E-state index is 11.8. The second-order valence-electron chi connectivity index (χ2n) is 4.54. The van der Waals surface area contributed by atoms with Gasteiger partial charge in [0.25, 0.3) is 5.91 Å². The summed E-state index contributed by atoms with van der Waals surface area (Å²) in [6.45, 7) is 3.97. The van der Waals surface area contributed by atoms with Crippen LogP contribution in [0.1, 0.15) is 32.3 Å². The van der Waals surface area contributed by atoms with Crippen LogP contribution in [-0.4, -0.2) is 29.8 Å². The van der Waals surface area contributed by atoms with Gasteiger partial charge < -0.3 is 15.2 Å². The molecule has 0 fully saturated rings. The molecule has 0 bridgehead atoms. The van der Waals surface area contributed by atoms with E-state index in [1.54, 1.807) is 31.2 Å². The van der Waals surface area contributed by atoms with Crippen molar-refractivity contribution in [3.8, 4) is 11.8 Å². The number of hydrogen-bond acceptors (Lipinski definition) is 4. The number of carbonyl (C=O) groups excluding carboxylic acids is 1. The van der Waals surface area contributed by atoms with Gasteiger partial charge in [-0.2, -0.15) is 5.26 Å². The molecule has 2 atom stereocenters. The third-order valence-corrected chi connectivity index (χ3v) is 2.91. The minimum Gasteiger partial charge on any atom is -0.481 e. The molecule has 1 amide bonds. The van der Waals surface area contributed by atoms with Crippen molar-refractivity contribution in [3.05, 3.63) is 29.8 Å². The molecule has 1 aromatic carbocycles. The fourth-order valence-electron chi connectivity index (χ4n) is 1.58. The average molecular weight is 276 g/mol. The van der Waals surface area contributed by atoms with Gasteiger partial charge >= 0.3 is 0 Å². The minimum atomic E-state index is -0.623. The van der Waals surface area contributed by atoms with E-state index in [1.807, 2.05) is 13.0 Å². The van der Waals surface area contributed by atoms with Crippen LogP contribution in [0.3, 0.4) is 0 Å². The zero-order valence-electron chi connectivity index (χ0n) is 11.8. The molecule has 0 spiro atoms. The van der Waals surface area contributed by atoms with Crippen molar-refractivity contribution in [1.82, 2.24) is 5.32 Å². The maximum Gasteiger partial charge on any atom is 0.260 e. The molecule has 5 nitrogen and oxygen atoms in total. The third-order valence-electron chi connectivity index (χ3n) is 2.91. The molecule has 108 valence electrons. The Kier molecular flexibility index (Phi) is 6.54. The summed E-state index contributed by atoms with van der Waals surface area (Å²) >= 11 is 0. The van der Waals surface area contributed by atoms with Gasteiger partial charge in [0.1, 0.15) is 5.75 Å². The number of carbonyl (C=O) groups is 1. The number of nitrogens with zero attached hydrogens (tertiary/aromatic N) is 1. The highest BCUT2D eigenvalue weighted by Gasteiger charge is 2.14. The summed E-state index contributed by atoms with van der Waals surface area (Å²) in [5.74, 6) is 0.318. The highest BCUT2D eigenvalue weighted by molar-refractivity contribution is 5.80. The molecule has 0 heterocycles. The van der Waals surface area contributed by atoms with E-state index < -0.39 is 6.10 Å². The monoisotopic (exact) mass is 276 g/mol. The molecular formula is C15H20N2O3. The zero-order valence-corrected chi connectivity index (χ0v) is 11.8. The van der Waals surface area contributed by atoms with Gasteiger partial charge in [-0.05, 0) is 44.0 Å². The normalized spacial score (nSPS) is 13.1. The van der Waals surface area contributed by atoms with E-state index in [-0.39, 0.29) is 12.0 Å². The maximum absolute atomic E-state index is 11.8. The quantitative estimate of drug-likeness (QED) is 0.792. The van der Waals surface area contributed by atoms with Crippen LogP contribution in [0.4, 0.5) is 0 Å². The summed E-state index contributed by atoms with van der Waals surface area (Å²) in [4.78, 5) is 11.8. The Balaban J connectivity index is 2.39. The van der Waals surface area contributed by atoms with Gasteiger partial charge in [0.05, 0.1) is 17.7 Å². The first-order chi connectivity index (χ1) is 9.56. The molecule has 0 radical (unpaired) electrons. The summed E-state index contributed by atoms with van der Waals surface area (Å²) in [5.41, 5.74) is 0.544. The van der Waals surface area contributed by atoms with E-state index >= 15 is 0 Å². The van der Waals surface area contributed by atoms with E-state index in [0.717, 1.165) is 0 Å². The van der Waals surface area contributed by atoms with E-state index in [1.165, 1.54) is 0 Å².